The van der Waals surface area contributed by atoms with Crippen LogP contribution in [-0.2, 0) is 11.3 Å². The third-order valence-electron chi connectivity index (χ3n) is 3.78. The quantitative estimate of drug-likeness (QED) is 0.910. The summed E-state index contributed by atoms with van der Waals surface area (Å²) in [6, 6.07) is 8.25. The van der Waals surface area contributed by atoms with E-state index in [2.05, 4.69) is 35.9 Å². The van der Waals surface area contributed by atoms with Gasteiger partial charge in [0.1, 0.15) is 0 Å². The summed E-state index contributed by atoms with van der Waals surface area (Å²) in [7, 11) is 0. The maximum Gasteiger partial charge on any atom is 0.0726 e. The zero-order valence-corrected chi connectivity index (χ0v) is 12.0. The molecule has 1 aromatic heterocycles. The monoisotopic (exact) mass is 271 g/mol. The fourth-order valence-corrected chi connectivity index (χ4v) is 3.05. The van der Waals surface area contributed by atoms with E-state index in [1.54, 1.807) is 0 Å². The Labute approximate surface area is 119 Å². The number of anilines is 1. The van der Waals surface area contributed by atoms with Crippen LogP contribution in [0.4, 0.5) is 5.69 Å². The lowest BCUT2D eigenvalue weighted by Gasteiger charge is -2.38. The van der Waals surface area contributed by atoms with E-state index in [1.165, 1.54) is 11.1 Å². The SMILES string of the molecule is C[C@@H]1CN(c2c(CN)cnc3ccccc23)C[C@H](C)O1. The van der Waals surface area contributed by atoms with Crippen molar-refractivity contribution in [3.8, 4) is 0 Å². The summed E-state index contributed by atoms with van der Waals surface area (Å²) >= 11 is 0. The zero-order chi connectivity index (χ0) is 14.1. The first-order valence-corrected chi connectivity index (χ1v) is 7.16. The average Bonchev–Trinajstić information content (AvgIpc) is 2.45. The highest BCUT2D eigenvalue weighted by Gasteiger charge is 2.25. The summed E-state index contributed by atoms with van der Waals surface area (Å²) in [5.74, 6) is 0. The molecule has 1 fully saturated rings. The summed E-state index contributed by atoms with van der Waals surface area (Å²) in [6.45, 7) is 6.53. The highest BCUT2D eigenvalue weighted by atomic mass is 16.5. The number of ether oxygens (including phenoxy) is 1. The summed E-state index contributed by atoms with van der Waals surface area (Å²) in [5.41, 5.74) is 9.26. The number of benzene rings is 1. The van der Waals surface area contributed by atoms with Crippen LogP contribution < -0.4 is 10.6 Å². The standard InChI is InChI=1S/C16H21N3O/c1-11-9-19(10-12(2)20-11)16-13(7-17)8-18-15-6-4-3-5-14(15)16/h3-6,8,11-12H,7,9-10,17H2,1-2H3/t11-,12+. The Bertz CT molecular complexity index is 604. The molecule has 2 N–H and O–H groups in total. The van der Waals surface area contributed by atoms with E-state index in [9.17, 15) is 0 Å². The number of nitrogens with two attached hydrogens (primary N) is 1. The molecule has 3 rings (SSSR count). The highest BCUT2D eigenvalue weighted by molar-refractivity contribution is 5.93. The molecular formula is C16H21N3O. The molecule has 2 atom stereocenters. The Balaban J connectivity index is 2.12. The Hall–Kier alpha value is -1.65. The number of aromatic nitrogens is 1. The number of nitrogens with zero attached hydrogens (tertiary/aromatic N) is 2. The molecule has 2 heterocycles. The van der Waals surface area contributed by atoms with E-state index in [0.717, 1.165) is 24.2 Å². The van der Waals surface area contributed by atoms with E-state index < -0.39 is 0 Å². The molecule has 1 aliphatic rings. The average molecular weight is 271 g/mol. The molecule has 0 amide bonds. The van der Waals surface area contributed by atoms with Gasteiger partial charge in [0.25, 0.3) is 0 Å². The minimum atomic E-state index is 0.233. The van der Waals surface area contributed by atoms with Crippen molar-refractivity contribution >= 4 is 16.6 Å². The van der Waals surface area contributed by atoms with Crippen LogP contribution >= 0.6 is 0 Å². The molecule has 1 aromatic carbocycles. The number of fused-ring (bicyclic) bond motifs is 1. The molecule has 1 saturated heterocycles. The predicted molar refractivity (Wildman–Crippen MR) is 81.9 cm³/mol. The van der Waals surface area contributed by atoms with Gasteiger partial charge in [0.15, 0.2) is 0 Å². The molecule has 0 radical (unpaired) electrons. The van der Waals surface area contributed by atoms with Gasteiger partial charge in [0, 0.05) is 36.8 Å². The van der Waals surface area contributed by atoms with Crippen molar-refractivity contribution in [3.63, 3.8) is 0 Å². The van der Waals surface area contributed by atoms with E-state index in [-0.39, 0.29) is 12.2 Å². The van der Waals surface area contributed by atoms with Gasteiger partial charge in [0.05, 0.1) is 23.4 Å². The molecule has 0 unspecified atom stereocenters. The van der Waals surface area contributed by atoms with Gasteiger partial charge in [-0.2, -0.15) is 0 Å². The van der Waals surface area contributed by atoms with Crippen molar-refractivity contribution in [3.05, 3.63) is 36.0 Å². The lowest BCUT2D eigenvalue weighted by molar-refractivity contribution is -0.00517. The minimum absolute atomic E-state index is 0.233. The number of pyridine rings is 1. The zero-order valence-electron chi connectivity index (χ0n) is 12.0. The lowest BCUT2D eigenvalue weighted by Crippen LogP contribution is -2.46. The van der Waals surface area contributed by atoms with Gasteiger partial charge in [-0.3, -0.25) is 4.98 Å². The van der Waals surface area contributed by atoms with Gasteiger partial charge in [-0.25, -0.2) is 0 Å². The molecule has 0 bridgehead atoms. The molecule has 0 saturated carbocycles. The topological polar surface area (TPSA) is 51.4 Å². The summed E-state index contributed by atoms with van der Waals surface area (Å²) < 4.78 is 5.83. The summed E-state index contributed by atoms with van der Waals surface area (Å²) in [5, 5.41) is 1.18. The molecule has 4 nitrogen and oxygen atoms in total. The molecule has 1 aliphatic heterocycles. The van der Waals surface area contributed by atoms with Crippen LogP contribution in [0.15, 0.2) is 30.5 Å². The van der Waals surface area contributed by atoms with Gasteiger partial charge < -0.3 is 15.4 Å². The first-order valence-electron chi connectivity index (χ1n) is 7.16. The van der Waals surface area contributed by atoms with Crippen LogP contribution in [0.25, 0.3) is 10.9 Å². The van der Waals surface area contributed by atoms with Gasteiger partial charge in [-0.05, 0) is 19.9 Å². The van der Waals surface area contributed by atoms with Gasteiger partial charge in [0.2, 0.25) is 0 Å². The molecule has 0 spiro atoms. The van der Waals surface area contributed by atoms with Crippen LogP contribution in [0.5, 0.6) is 0 Å². The largest absolute Gasteiger partial charge is 0.372 e. The first-order chi connectivity index (χ1) is 9.69. The molecular weight excluding hydrogens is 250 g/mol. The Morgan fingerprint density at radius 3 is 2.65 bits per heavy atom. The van der Waals surface area contributed by atoms with Gasteiger partial charge in [-0.1, -0.05) is 18.2 Å². The number of morpholine rings is 1. The van der Waals surface area contributed by atoms with Crippen LogP contribution in [0, 0.1) is 0 Å². The number of hydrogen-bond acceptors (Lipinski definition) is 4. The van der Waals surface area contributed by atoms with Crippen LogP contribution in [-0.4, -0.2) is 30.3 Å². The lowest BCUT2D eigenvalue weighted by atomic mass is 10.1. The maximum atomic E-state index is 5.92. The van der Waals surface area contributed by atoms with E-state index >= 15 is 0 Å². The second-order valence-corrected chi connectivity index (χ2v) is 5.52. The normalized spacial score (nSPS) is 23.2. The fraction of sp³-hybridized carbons (Fsp3) is 0.438. The smallest absolute Gasteiger partial charge is 0.0726 e. The van der Waals surface area contributed by atoms with Crippen molar-refractivity contribution < 1.29 is 4.74 Å². The molecule has 4 heteroatoms. The van der Waals surface area contributed by atoms with E-state index in [4.69, 9.17) is 10.5 Å². The molecule has 20 heavy (non-hydrogen) atoms. The highest BCUT2D eigenvalue weighted by Crippen LogP contribution is 2.31. The first kappa shape index (κ1) is 13.3. The van der Waals surface area contributed by atoms with Crippen LogP contribution in [0.2, 0.25) is 0 Å². The van der Waals surface area contributed by atoms with Crippen molar-refractivity contribution in [2.45, 2.75) is 32.6 Å². The van der Waals surface area contributed by atoms with Gasteiger partial charge in [-0.15, -0.1) is 0 Å². The van der Waals surface area contributed by atoms with Gasteiger partial charge >= 0.3 is 0 Å². The van der Waals surface area contributed by atoms with Crippen LogP contribution in [0.1, 0.15) is 19.4 Å². The molecule has 0 aliphatic carbocycles. The summed E-state index contributed by atoms with van der Waals surface area (Å²) in [4.78, 5) is 6.90. The second kappa shape index (κ2) is 5.38. The van der Waals surface area contributed by atoms with Crippen molar-refractivity contribution in [1.29, 1.82) is 0 Å². The predicted octanol–water partition coefficient (Wildman–Crippen LogP) is 2.31. The van der Waals surface area contributed by atoms with Crippen molar-refractivity contribution in [1.82, 2.24) is 4.98 Å². The number of rotatable bonds is 2. The van der Waals surface area contributed by atoms with Crippen molar-refractivity contribution in [2.75, 3.05) is 18.0 Å². The minimum Gasteiger partial charge on any atom is -0.372 e. The van der Waals surface area contributed by atoms with E-state index in [1.807, 2.05) is 18.3 Å². The Morgan fingerprint density at radius 1 is 1.25 bits per heavy atom. The maximum absolute atomic E-state index is 5.92. The fourth-order valence-electron chi connectivity index (χ4n) is 3.05. The summed E-state index contributed by atoms with van der Waals surface area (Å²) in [6.07, 6.45) is 2.37. The molecule has 2 aromatic rings. The third kappa shape index (κ3) is 2.37. The molecule has 106 valence electrons. The van der Waals surface area contributed by atoms with Crippen molar-refractivity contribution in [2.24, 2.45) is 5.73 Å². The van der Waals surface area contributed by atoms with E-state index in [0.29, 0.717) is 6.54 Å². The van der Waals surface area contributed by atoms with Crippen LogP contribution in [0.3, 0.4) is 0 Å². The second-order valence-electron chi connectivity index (χ2n) is 5.52. The Morgan fingerprint density at radius 2 is 1.95 bits per heavy atom. The Kier molecular flexibility index (Phi) is 3.59. The number of para-hydroxylation sites is 1. The third-order valence-corrected chi connectivity index (χ3v) is 3.78. The number of hydrogen-bond donors (Lipinski definition) is 1.